The van der Waals surface area contributed by atoms with Crippen molar-refractivity contribution in [1.29, 1.82) is 0 Å². The van der Waals surface area contributed by atoms with E-state index >= 15 is 0 Å². The standard InChI is InChI=1S/C19H25FN2O3/c1-25-19(24)13-7-8-16(15(20)11-13)22-18(23)17-14(9-10-21-17)12-5-3-2-4-6-12/h7-8,11-12,14,17,21H,2-6,9-10H2,1H3,(H,22,23)/t14-,17-/m0/s1. The molecule has 0 bridgehead atoms. The number of methoxy groups -OCH3 is 1. The second kappa shape index (κ2) is 7.95. The maximum Gasteiger partial charge on any atom is 0.337 e. The van der Waals surface area contributed by atoms with Crippen molar-refractivity contribution in [3.8, 4) is 0 Å². The number of anilines is 1. The van der Waals surface area contributed by atoms with Gasteiger partial charge in [-0.05, 0) is 43.0 Å². The number of nitrogens with one attached hydrogen (secondary N) is 2. The first kappa shape index (κ1) is 17.9. The average Bonchev–Trinajstić information content (AvgIpc) is 3.13. The number of hydrogen-bond donors (Lipinski definition) is 2. The van der Waals surface area contributed by atoms with E-state index < -0.39 is 11.8 Å². The van der Waals surface area contributed by atoms with Crippen molar-refractivity contribution >= 4 is 17.6 Å². The van der Waals surface area contributed by atoms with Crippen molar-refractivity contribution in [2.24, 2.45) is 11.8 Å². The molecule has 2 fully saturated rings. The number of esters is 1. The van der Waals surface area contributed by atoms with Crippen molar-refractivity contribution in [1.82, 2.24) is 5.32 Å². The van der Waals surface area contributed by atoms with Gasteiger partial charge in [0.25, 0.3) is 0 Å². The van der Waals surface area contributed by atoms with Crippen LogP contribution in [0.3, 0.4) is 0 Å². The summed E-state index contributed by atoms with van der Waals surface area (Å²) in [6, 6.07) is 3.67. The van der Waals surface area contributed by atoms with Crippen LogP contribution in [0.5, 0.6) is 0 Å². The molecule has 136 valence electrons. The number of halogens is 1. The molecule has 3 rings (SSSR count). The van der Waals surface area contributed by atoms with Crippen LogP contribution in [0.15, 0.2) is 18.2 Å². The lowest BCUT2D eigenvalue weighted by Gasteiger charge is -2.30. The summed E-state index contributed by atoms with van der Waals surface area (Å²) in [4.78, 5) is 24.1. The minimum Gasteiger partial charge on any atom is -0.465 e. The first-order valence-electron chi connectivity index (χ1n) is 9.02. The number of rotatable bonds is 4. The largest absolute Gasteiger partial charge is 0.465 e. The summed E-state index contributed by atoms with van der Waals surface area (Å²) in [5.41, 5.74) is 0.214. The van der Waals surface area contributed by atoms with Crippen molar-refractivity contribution in [3.05, 3.63) is 29.6 Å². The highest BCUT2D eigenvalue weighted by Gasteiger charge is 2.38. The van der Waals surface area contributed by atoms with E-state index in [4.69, 9.17) is 0 Å². The predicted molar refractivity (Wildman–Crippen MR) is 92.8 cm³/mol. The fraction of sp³-hybridized carbons (Fsp3) is 0.579. The fourth-order valence-corrected chi connectivity index (χ4v) is 4.15. The third-order valence-corrected chi connectivity index (χ3v) is 5.46. The summed E-state index contributed by atoms with van der Waals surface area (Å²) in [7, 11) is 1.24. The zero-order valence-electron chi connectivity index (χ0n) is 14.5. The van der Waals surface area contributed by atoms with Gasteiger partial charge in [0.05, 0.1) is 24.4 Å². The number of amides is 1. The van der Waals surface area contributed by atoms with Gasteiger partial charge in [-0.3, -0.25) is 4.79 Å². The monoisotopic (exact) mass is 348 g/mol. The molecule has 1 aliphatic heterocycles. The molecule has 0 unspecified atom stereocenters. The van der Waals surface area contributed by atoms with Crippen LogP contribution in [-0.2, 0) is 9.53 Å². The van der Waals surface area contributed by atoms with Gasteiger partial charge in [-0.15, -0.1) is 0 Å². The minimum atomic E-state index is -0.636. The highest BCUT2D eigenvalue weighted by atomic mass is 19.1. The molecule has 0 radical (unpaired) electrons. The van der Waals surface area contributed by atoms with Gasteiger partial charge in [0, 0.05) is 0 Å². The lowest BCUT2D eigenvalue weighted by Crippen LogP contribution is -2.42. The molecule has 2 aliphatic rings. The molecule has 25 heavy (non-hydrogen) atoms. The summed E-state index contributed by atoms with van der Waals surface area (Å²) >= 11 is 0. The molecular formula is C19H25FN2O3. The SMILES string of the molecule is COC(=O)c1ccc(NC(=O)[C@H]2NCC[C@H]2C2CCCCC2)c(F)c1. The van der Waals surface area contributed by atoms with E-state index in [1.165, 1.54) is 51.3 Å². The fourth-order valence-electron chi connectivity index (χ4n) is 4.15. The Morgan fingerprint density at radius 1 is 1.20 bits per heavy atom. The van der Waals surface area contributed by atoms with E-state index in [-0.39, 0.29) is 23.2 Å². The molecule has 1 saturated heterocycles. The maximum atomic E-state index is 14.2. The van der Waals surface area contributed by atoms with Gasteiger partial charge in [-0.1, -0.05) is 32.1 Å². The number of carbonyl (C=O) groups is 2. The second-order valence-electron chi connectivity index (χ2n) is 6.96. The Labute approximate surface area is 147 Å². The zero-order valence-corrected chi connectivity index (χ0v) is 14.5. The van der Waals surface area contributed by atoms with Crippen LogP contribution < -0.4 is 10.6 Å². The van der Waals surface area contributed by atoms with Gasteiger partial charge in [0.15, 0.2) is 0 Å². The summed E-state index contributed by atoms with van der Waals surface area (Å²) in [5.74, 6) is -0.545. The van der Waals surface area contributed by atoms with Crippen molar-refractivity contribution in [3.63, 3.8) is 0 Å². The summed E-state index contributed by atoms with van der Waals surface area (Å²) < 4.78 is 18.8. The Morgan fingerprint density at radius 3 is 2.64 bits per heavy atom. The smallest absolute Gasteiger partial charge is 0.337 e. The minimum absolute atomic E-state index is 0.0914. The predicted octanol–water partition coefficient (Wildman–Crippen LogP) is 3.11. The van der Waals surface area contributed by atoms with Crippen LogP contribution >= 0.6 is 0 Å². The van der Waals surface area contributed by atoms with Gasteiger partial charge in [-0.2, -0.15) is 0 Å². The van der Waals surface area contributed by atoms with Crippen LogP contribution in [0.2, 0.25) is 0 Å². The summed E-state index contributed by atoms with van der Waals surface area (Å²) in [6.45, 7) is 0.822. The number of ether oxygens (including phenoxy) is 1. The first-order chi connectivity index (χ1) is 12.1. The molecule has 1 saturated carbocycles. The third-order valence-electron chi connectivity index (χ3n) is 5.46. The Balaban J connectivity index is 1.67. The summed E-state index contributed by atoms with van der Waals surface area (Å²) in [6.07, 6.45) is 7.10. The quantitative estimate of drug-likeness (QED) is 0.821. The molecule has 1 aromatic rings. The van der Waals surface area contributed by atoms with Gasteiger partial charge in [0.1, 0.15) is 5.82 Å². The van der Waals surface area contributed by atoms with E-state index in [0.29, 0.717) is 11.8 Å². The van der Waals surface area contributed by atoms with Gasteiger partial charge < -0.3 is 15.4 Å². The van der Waals surface area contributed by atoms with E-state index in [0.717, 1.165) is 19.0 Å². The maximum absolute atomic E-state index is 14.2. The molecule has 1 aromatic carbocycles. The van der Waals surface area contributed by atoms with Crippen molar-refractivity contribution in [2.45, 2.75) is 44.6 Å². The van der Waals surface area contributed by atoms with Crippen LogP contribution in [0, 0.1) is 17.7 Å². The Bertz CT molecular complexity index is 644. The first-order valence-corrected chi connectivity index (χ1v) is 9.02. The zero-order chi connectivity index (χ0) is 17.8. The van der Waals surface area contributed by atoms with Crippen LogP contribution in [0.1, 0.15) is 48.9 Å². The number of carbonyl (C=O) groups excluding carboxylic acids is 2. The molecule has 0 aromatic heterocycles. The molecule has 6 heteroatoms. The molecular weight excluding hydrogens is 323 g/mol. The third kappa shape index (κ3) is 4.00. The molecule has 0 spiro atoms. The second-order valence-corrected chi connectivity index (χ2v) is 6.96. The van der Waals surface area contributed by atoms with E-state index in [1.807, 2.05) is 0 Å². The Hall–Kier alpha value is -1.95. The lowest BCUT2D eigenvalue weighted by molar-refractivity contribution is -0.119. The molecule has 1 amide bonds. The van der Waals surface area contributed by atoms with Crippen molar-refractivity contribution in [2.75, 3.05) is 19.0 Å². The molecule has 1 heterocycles. The normalized spacial score (nSPS) is 24.1. The number of hydrogen-bond acceptors (Lipinski definition) is 4. The Kier molecular flexibility index (Phi) is 5.68. The van der Waals surface area contributed by atoms with E-state index in [9.17, 15) is 14.0 Å². The van der Waals surface area contributed by atoms with Gasteiger partial charge >= 0.3 is 5.97 Å². The van der Waals surface area contributed by atoms with Crippen LogP contribution in [-0.4, -0.2) is 31.6 Å². The average molecular weight is 348 g/mol. The van der Waals surface area contributed by atoms with E-state index in [1.54, 1.807) is 0 Å². The van der Waals surface area contributed by atoms with Crippen molar-refractivity contribution < 1.29 is 18.7 Å². The molecule has 2 atom stereocenters. The number of benzene rings is 1. The molecule has 5 nitrogen and oxygen atoms in total. The lowest BCUT2D eigenvalue weighted by atomic mass is 9.76. The highest BCUT2D eigenvalue weighted by molar-refractivity contribution is 5.96. The Morgan fingerprint density at radius 2 is 1.96 bits per heavy atom. The van der Waals surface area contributed by atoms with Crippen LogP contribution in [0.25, 0.3) is 0 Å². The van der Waals surface area contributed by atoms with Crippen LogP contribution in [0.4, 0.5) is 10.1 Å². The van der Waals surface area contributed by atoms with Gasteiger partial charge in [-0.25, -0.2) is 9.18 Å². The highest BCUT2D eigenvalue weighted by Crippen LogP contribution is 2.36. The topological polar surface area (TPSA) is 67.4 Å². The van der Waals surface area contributed by atoms with Gasteiger partial charge in [0.2, 0.25) is 5.91 Å². The summed E-state index contributed by atoms with van der Waals surface area (Å²) in [5, 5.41) is 5.95. The van der Waals surface area contributed by atoms with E-state index in [2.05, 4.69) is 15.4 Å². The molecule has 2 N–H and O–H groups in total. The molecule has 1 aliphatic carbocycles.